The minimum atomic E-state index is -0.837. The predicted octanol–water partition coefficient (Wildman–Crippen LogP) is 1.19. The van der Waals surface area contributed by atoms with Gasteiger partial charge in [-0.3, -0.25) is 0 Å². The summed E-state index contributed by atoms with van der Waals surface area (Å²) in [6.45, 7) is 0. The Morgan fingerprint density at radius 1 is 1.64 bits per heavy atom. The van der Waals surface area contributed by atoms with Gasteiger partial charge in [0, 0.05) is 0 Å². The molecule has 2 heterocycles. The number of carbonyl (C=O) groups is 1. The molecular formula is C7H4O3Se. The summed E-state index contributed by atoms with van der Waals surface area (Å²) in [5.41, 5.74) is 0.711. The molecule has 0 atom stereocenters. The summed E-state index contributed by atoms with van der Waals surface area (Å²) in [5.74, 6) is -0.837. The molecule has 0 aliphatic rings. The molecule has 2 rings (SSSR count). The third kappa shape index (κ3) is 1.00. The van der Waals surface area contributed by atoms with E-state index in [0.717, 1.165) is 4.26 Å². The Balaban J connectivity index is 2.67. The van der Waals surface area contributed by atoms with Crippen molar-refractivity contribution in [1.29, 1.82) is 0 Å². The van der Waals surface area contributed by atoms with Gasteiger partial charge >= 0.3 is 67.5 Å². The summed E-state index contributed by atoms with van der Waals surface area (Å²) in [5, 5.41) is 8.61. The van der Waals surface area contributed by atoms with E-state index in [1.807, 2.05) is 6.07 Å². The summed E-state index contributed by atoms with van der Waals surface area (Å²) < 4.78 is 6.52. The molecule has 4 heteroatoms. The number of carboxylic acid groups (broad SMARTS) is 1. The second kappa shape index (κ2) is 2.26. The molecule has 3 nitrogen and oxygen atoms in total. The summed E-state index contributed by atoms with van der Waals surface area (Å²) >= 11 is -0.0613. The molecule has 11 heavy (non-hydrogen) atoms. The fourth-order valence-electron chi connectivity index (χ4n) is 0.871. The number of fused-ring (bicyclic) bond motifs is 1. The summed E-state index contributed by atoms with van der Waals surface area (Å²) in [7, 11) is 0. The van der Waals surface area contributed by atoms with E-state index < -0.39 is 5.97 Å². The average Bonchev–Trinajstić information content (AvgIpc) is 2.40. The number of hydrogen-bond acceptors (Lipinski definition) is 2. The van der Waals surface area contributed by atoms with Gasteiger partial charge in [0.25, 0.3) is 0 Å². The SMILES string of the molecule is O=C(O)c1cc2occc2[se]1. The standard InChI is InChI=1S/C7H4O3Se/c8-7(9)6-3-4-5(11-6)1-2-10-4/h1-3H,(H,8,9). The van der Waals surface area contributed by atoms with Crippen molar-refractivity contribution in [2.24, 2.45) is 0 Å². The van der Waals surface area contributed by atoms with Crippen LogP contribution in [0.3, 0.4) is 0 Å². The second-order valence-electron chi connectivity index (χ2n) is 2.06. The second-order valence-corrected chi connectivity index (χ2v) is 4.34. The van der Waals surface area contributed by atoms with E-state index in [1.54, 1.807) is 12.3 Å². The van der Waals surface area contributed by atoms with Crippen LogP contribution in [-0.2, 0) is 0 Å². The molecular weight excluding hydrogens is 211 g/mol. The first-order valence-electron chi connectivity index (χ1n) is 2.98. The van der Waals surface area contributed by atoms with Crippen molar-refractivity contribution >= 4 is 30.3 Å². The summed E-state index contributed by atoms with van der Waals surface area (Å²) in [6.07, 6.45) is 1.58. The van der Waals surface area contributed by atoms with E-state index >= 15 is 0 Å². The van der Waals surface area contributed by atoms with E-state index in [0.29, 0.717) is 10.0 Å². The van der Waals surface area contributed by atoms with E-state index in [4.69, 9.17) is 9.52 Å². The third-order valence-corrected chi connectivity index (χ3v) is 3.59. The van der Waals surface area contributed by atoms with Crippen molar-refractivity contribution in [3.05, 3.63) is 22.8 Å². The maximum absolute atomic E-state index is 10.5. The van der Waals surface area contributed by atoms with Crippen LogP contribution >= 0.6 is 0 Å². The normalized spacial score (nSPS) is 10.5. The monoisotopic (exact) mass is 216 g/mol. The van der Waals surface area contributed by atoms with Crippen LogP contribution in [0.4, 0.5) is 0 Å². The van der Waals surface area contributed by atoms with Crippen LogP contribution in [0.5, 0.6) is 0 Å². The Kier molecular flexibility index (Phi) is 1.37. The number of hydrogen-bond donors (Lipinski definition) is 1. The molecule has 56 valence electrons. The Labute approximate surface area is 68.0 Å². The zero-order valence-corrected chi connectivity index (χ0v) is 7.12. The quantitative estimate of drug-likeness (QED) is 0.727. The van der Waals surface area contributed by atoms with Crippen molar-refractivity contribution < 1.29 is 14.3 Å². The first-order chi connectivity index (χ1) is 5.27. The van der Waals surface area contributed by atoms with Gasteiger partial charge in [0.05, 0.1) is 0 Å². The van der Waals surface area contributed by atoms with Crippen molar-refractivity contribution in [3.8, 4) is 0 Å². The minimum absolute atomic E-state index is 0.0613. The van der Waals surface area contributed by atoms with Crippen LogP contribution in [0.2, 0.25) is 0 Å². The molecule has 0 aliphatic carbocycles. The molecule has 0 saturated heterocycles. The zero-order chi connectivity index (χ0) is 7.84. The van der Waals surface area contributed by atoms with E-state index in [-0.39, 0.29) is 14.5 Å². The molecule has 2 aromatic rings. The molecule has 0 spiro atoms. The van der Waals surface area contributed by atoms with Gasteiger partial charge in [-0.05, 0) is 0 Å². The van der Waals surface area contributed by atoms with Crippen molar-refractivity contribution in [1.82, 2.24) is 0 Å². The molecule has 2 aromatic heterocycles. The third-order valence-electron chi connectivity index (χ3n) is 1.35. The van der Waals surface area contributed by atoms with Gasteiger partial charge < -0.3 is 0 Å². The number of carboxylic acids is 1. The van der Waals surface area contributed by atoms with E-state index in [1.165, 1.54) is 0 Å². The topological polar surface area (TPSA) is 50.4 Å². The van der Waals surface area contributed by atoms with Crippen LogP contribution < -0.4 is 0 Å². The van der Waals surface area contributed by atoms with Crippen LogP contribution in [0.15, 0.2) is 22.8 Å². The Bertz CT molecular complexity index is 370. The molecule has 1 N–H and O–H groups in total. The number of furan rings is 1. The van der Waals surface area contributed by atoms with Gasteiger partial charge in [0.1, 0.15) is 0 Å². The molecule has 0 aliphatic heterocycles. The van der Waals surface area contributed by atoms with Crippen LogP contribution in [0.1, 0.15) is 9.23 Å². The van der Waals surface area contributed by atoms with Crippen LogP contribution in [0.25, 0.3) is 9.84 Å². The molecule has 0 fully saturated rings. The molecule has 0 unspecified atom stereocenters. The average molecular weight is 215 g/mol. The number of aromatic carboxylic acids is 1. The van der Waals surface area contributed by atoms with E-state index in [9.17, 15) is 4.79 Å². The summed E-state index contributed by atoms with van der Waals surface area (Å²) in [4.78, 5) is 10.5. The Morgan fingerprint density at radius 2 is 2.45 bits per heavy atom. The first kappa shape index (κ1) is 6.70. The fourth-order valence-corrected chi connectivity index (χ4v) is 2.59. The molecule has 0 bridgehead atoms. The zero-order valence-electron chi connectivity index (χ0n) is 5.40. The van der Waals surface area contributed by atoms with Crippen molar-refractivity contribution in [2.75, 3.05) is 0 Å². The Morgan fingerprint density at radius 3 is 3.09 bits per heavy atom. The van der Waals surface area contributed by atoms with E-state index in [2.05, 4.69) is 0 Å². The van der Waals surface area contributed by atoms with Gasteiger partial charge in [0.2, 0.25) is 0 Å². The van der Waals surface area contributed by atoms with Crippen molar-refractivity contribution in [2.45, 2.75) is 0 Å². The van der Waals surface area contributed by atoms with Gasteiger partial charge in [0.15, 0.2) is 0 Å². The van der Waals surface area contributed by atoms with Gasteiger partial charge in [-0.25, -0.2) is 0 Å². The fraction of sp³-hybridized carbons (Fsp3) is 0. The van der Waals surface area contributed by atoms with Crippen LogP contribution in [0, 0.1) is 0 Å². The molecule has 0 saturated carbocycles. The maximum atomic E-state index is 10.5. The van der Waals surface area contributed by atoms with Crippen LogP contribution in [-0.4, -0.2) is 25.6 Å². The van der Waals surface area contributed by atoms with Gasteiger partial charge in [-0.2, -0.15) is 0 Å². The molecule has 0 radical (unpaired) electrons. The predicted molar refractivity (Wildman–Crippen MR) is 40.1 cm³/mol. The number of rotatable bonds is 1. The first-order valence-corrected chi connectivity index (χ1v) is 4.69. The molecule has 0 aromatic carbocycles. The van der Waals surface area contributed by atoms with Gasteiger partial charge in [-0.15, -0.1) is 0 Å². The Hall–Kier alpha value is -0.991. The molecule has 0 amide bonds. The van der Waals surface area contributed by atoms with Gasteiger partial charge in [-0.1, -0.05) is 0 Å². The summed E-state index contributed by atoms with van der Waals surface area (Å²) in [6, 6.07) is 3.42. The van der Waals surface area contributed by atoms with Crippen molar-refractivity contribution in [3.63, 3.8) is 0 Å².